The van der Waals surface area contributed by atoms with Crippen LogP contribution < -0.4 is 10.1 Å². The molecule has 0 aliphatic carbocycles. The first-order valence-electron chi connectivity index (χ1n) is 6.69. The van der Waals surface area contributed by atoms with Crippen LogP contribution in [0.15, 0.2) is 40.9 Å². The minimum atomic E-state index is -0.367. The average Bonchev–Trinajstić information content (AvgIpc) is 2.52. The Morgan fingerprint density at radius 3 is 2.52 bits per heavy atom. The Morgan fingerprint density at radius 1 is 1.17 bits per heavy atom. The number of ether oxygens (including phenoxy) is 2. The Morgan fingerprint density at radius 2 is 1.87 bits per heavy atom. The van der Waals surface area contributed by atoms with E-state index in [9.17, 15) is 4.79 Å². The van der Waals surface area contributed by atoms with Crippen LogP contribution in [0.1, 0.15) is 10.4 Å². The third kappa shape index (κ3) is 4.85. The van der Waals surface area contributed by atoms with Crippen molar-refractivity contribution in [3.8, 4) is 5.75 Å². The van der Waals surface area contributed by atoms with Crippen LogP contribution in [0.3, 0.4) is 0 Å². The molecule has 0 atom stereocenters. The highest BCUT2D eigenvalue weighted by molar-refractivity contribution is 9.10. The number of hydrogen-bond acceptors (Lipinski definition) is 3. The summed E-state index contributed by atoms with van der Waals surface area (Å²) in [4.78, 5) is 12.6. The molecule has 0 fully saturated rings. The first kappa shape index (κ1) is 18.1. The van der Waals surface area contributed by atoms with Crippen molar-refractivity contribution in [2.75, 3.05) is 25.6 Å². The Kier molecular flexibility index (Phi) is 6.72. The molecule has 0 radical (unpaired) electrons. The molecule has 0 saturated heterocycles. The number of amides is 1. The van der Waals surface area contributed by atoms with Gasteiger partial charge in [-0.05, 0) is 30.3 Å². The topological polar surface area (TPSA) is 47.6 Å². The number of nitrogens with one attached hydrogen (secondary N) is 1. The van der Waals surface area contributed by atoms with Crippen molar-refractivity contribution in [3.05, 3.63) is 56.5 Å². The summed E-state index contributed by atoms with van der Waals surface area (Å²) in [7, 11) is 1.58. The van der Waals surface area contributed by atoms with Crippen LogP contribution >= 0.6 is 39.1 Å². The van der Waals surface area contributed by atoms with Crippen LogP contribution in [0.5, 0.6) is 5.75 Å². The molecule has 1 N–H and O–H groups in total. The predicted octanol–water partition coefficient (Wildman–Crippen LogP) is 5.03. The van der Waals surface area contributed by atoms with Gasteiger partial charge in [0, 0.05) is 11.6 Å². The molecule has 4 nitrogen and oxygen atoms in total. The summed E-state index contributed by atoms with van der Waals surface area (Å²) in [6.45, 7) is 0.763. The molecule has 0 heterocycles. The maximum Gasteiger partial charge on any atom is 0.259 e. The molecule has 2 aromatic rings. The summed E-state index contributed by atoms with van der Waals surface area (Å²) in [5.74, 6) is 0.0830. The maximum absolute atomic E-state index is 12.6. The van der Waals surface area contributed by atoms with Crippen LogP contribution in [0.4, 0.5) is 5.69 Å². The molecule has 0 spiro atoms. The van der Waals surface area contributed by atoms with Gasteiger partial charge in [-0.2, -0.15) is 0 Å². The van der Waals surface area contributed by atoms with Crippen molar-refractivity contribution < 1.29 is 14.3 Å². The molecule has 0 aliphatic rings. The van der Waals surface area contributed by atoms with E-state index in [1.807, 2.05) is 0 Å². The monoisotopic (exact) mass is 417 g/mol. The van der Waals surface area contributed by atoms with E-state index < -0.39 is 0 Å². The number of rotatable bonds is 6. The fourth-order valence-electron chi connectivity index (χ4n) is 1.84. The van der Waals surface area contributed by atoms with Gasteiger partial charge in [0.15, 0.2) is 0 Å². The second-order valence-electron chi connectivity index (χ2n) is 4.53. The van der Waals surface area contributed by atoms with Crippen LogP contribution in [0.2, 0.25) is 10.0 Å². The molecular weight excluding hydrogens is 405 g/mol. The fourth-order valence-corrected chi connectivity index (χ4v) is 2.69. The van der Waals surface area contributed by atoms with E-state index in [-0.39, 0.29) is 5.91 Å². The molecule has 0 aliphatic heterocycles. The SMILES string of the molecule is COCCOc1ccc(Br)cc1C(=O)Nc1c(Cl)cccc1Cl. The van der Waals surface area contributed by atoms with Crippen molar-refractivity contribution in [2.24, 2.45) is 0 Å². The normalized spacial score (nSPS) is 10.4. The Labute approximate surface area is 152 Å². The van der Waals surface area contributed by atoms with E-state index in [4.69, 9.17) is 32.7 Å². The molecule has 23 heavy (non-hydrogen) atoms. The lowest BCUT2D eigenvalue weighted by Gasteiger charge is -2.13. The first-order valence-corrected chi connectivity index (χ1v) is 8.24. The number of methoxy groups -OCH3 is 1. The summed E-state index contributed by atoms with van der Waals surface area (Å²) in [5, 5.41) is 3.45. The van der Waals surface area contributed by atoms with Crippen LogP contribution in [0, 0.1) is 0 Å². The van der Waals surface area contributed by atoms with Crippen LogP contribution in [-0.4, -0.2) is 26.2 Å². The highest BCUT2D eigenvalue weighted by Crippen LogP contribution is 2.31. The third-order valence-corrected chi connectivity index (χ3v) is 4.06. The molecule has 0 aromatic heterocycles. The van der Waals surface area contributed by atoms with Gasteiger partial charge >= 0.3 is 0 Å². The largest absolute Gasteiger partial charge is 0.490 e. The minimum Gasteiger partial charge on any atom is -0.490 e. The number of benzene rings is 2. The smallest absolute Gasteiger partial charge is 0.259 e. The molecule has 0 saturated carbocycles. The second-order valence-corrected chi connectivity index (χ2v) is 6.26. The molecular formula is C16H14BrCl2NO3. The Bertz CT molecular complexity index is 689. The standard InChI is InChI=1S/C16H14BrCl2NO3/c1-22-7-8-23-14-6-5-10(17)9-11(14)16(21)20-15-12(18)3-2-4-13(15)19/h2-6,9H,7-8H2,1H3,(H,20,21). The quantitative estimate of drug-likeness (QED) is 0.669. The van der Waals surface area contributed by atoms with E-state index in [1.165, 1.54) is 0 Å². The van der Waals surface area contributed by atoms with Crippen LogP contribution in [0.25, 0.3) is 0 Å². The number of hydrogen-bond donors (Lipinski definition) is 1. The summed E-state index contributed by atoms with van der Waals surface area (Å²) in [6.07, 6.45) is 0. The summed E-state index contributed by atoms with van der Waals surface area (Å²) < 4.78 is 11.3. The summed E-state index contributed by atoms with van der Waals surface area (Å²) >= 11 is 15.5. The van der Waals surface area contributed by atoms with Crippen molar-refractivity contribution in [3.63, 3.8) is 0 Å². The zero-order valence-electron chi connectivity index (χ0n) is 12.2. The first-order chi connectivity index (χ1) is 11.0. The molecule has 0 unspecified atom stereocenters. The van der Waals surface area contributed by atoms with E-state index >= 15 is 0 Å². The van der Waals surface area contributed by atoms with Crippen molar-refractivity contribution in [2.45, 2.75) is 0 Å². The minimum absolute atomic E-state index is 0.339. The molecule has 122 valence electrons. The van der Waals surface area contributed by atoms with Gasteiger partial charge in [-0.25, -0.2) is 0 Å². The Hall–Kier alpha value is -1.27. The van der Waals surface area contributed by atoms with Gasteiger partial charge in [0.25, 0.3) is 5.91 Å². The number of anilines is 1. The second kappa shape index (κ2) is 8.55. The molecule has 7 heteroatoms. The van der Waals surface area contributed by atoms with Crippen LogP contribution in [-0.2, 0) is 4.74 Å². The number of carbonyl (C=O) groups is 1. The third-order valence-electron chi connectivity index (χ3n) is 2.93. The van der Waals surface area contributed by atoms with Gasteiger partial charge in [-0.15, -0.1) is 0 Å². The lowest BCUT2D eigenvalue weighted by Crippen LogP contribution is -2.15. The van der Waals surface area contributed by atoms with Gasteiger partial charge in [-0.1, -0.05) is 45.2 Å². The fraction of sp³-hybridized carbons (Fsp3) is 0.188. The van der Waals surface area contributed by atoms with Gasteiger partial charge < -0.3 is 14.8 Å². The van der Waals surface area contributed by atoms with Crippen molar-refractivity contribution >= 4 is 50.7 Å². The lowest BCUT2D eigenvalue weighted by molar-refractivity contribution is 0.101. The molecule has 0 bridgehead atoms. The highest BCUT2D eigenvalue weighted by atomic mass is 79.9. The number of halogens is 3. The summed E-state index contributed by atoms with van der Waals surface area (Å²) in [5.41, 5.74) is 0.732. The average molecular weight is 419 g/mol. The van der Waals surface area contributed by atoms with E-state index in [1.54, 1.807) is 43.5 Å². The van der Waals surface area contributed by atoms with Gasteiger partial charge in [-0.3, -0.25) is 4.79 Å². The van der Waals surface area contributed by atoms with Gasteiger partial charge in [0.1, 0.15) is 12.4 Å². The zero-order chi connectivity index (χ0) is 16.8. The van der Waals surface area contributed by atoms with E-state index in [0.717, 1.165) is 4.47 Å². The summed E-state index contributed by atoms with van der Waals surface area (Å²) in [6, 6.07) is 10.2. The zero-order valence-corrected chi connectivity index (χ0v) is 15.3. The van der Waals surface area contributed by atoms with Gasteiger partial charge in [0.2, 0.25) is 0 Å². The van der Waals surface area contributed by atoms with Gasteiger partial charge in [0.05, 0.1) is 27.9 Å². The highest BCUT2D eigenvalue weighted by Gasteiger charge is 2.16. The number of para-hydroxylation sites is 1. The molecule has 2 aromatic carbocycles. The maximum atomic E-state index is 12.6. The predicted molar refractivity (Wildman–Crippen MR) is 95.9 cm³/mol. The lowest BCUT2D eigenvalue weighted by atomic mass is 10.2. The Balaban J connectivity index is 2.26. The van der Waals surface area contributed by atoms with Crippen molar-refractivity contribution in [1.29, 1.82) is 0 Å². The van der Waals surface area contributed by atoms with E-state index in [2.05, 4.69) is 21.2 Å². The van der Waals surface area contributed by atoms with Crippen molar-refractivity contribution in [1.82, 2.24) is 0 Å². The molecule has 2 rings (SSSR count). The number of carbonyl (C=O) groups excluding carboxylic acids is 1. The molecule has 1 amide bonds. The van der Waals surface area contributed by atoms with E-state index in [0.29, 0.717) is 40.3 Å².